The molecule has 0 bridgehead atoms. The number of nitrogens with zero attached hydrogens (tertiary/aromatic N) is 3. The van der Waals surface area contributed by atoms with E-state index in [2.05, 4.69) is 83.4 Å². The Morgan fingerprint density at radius 2 is 1.70 bits per heavy atom. The molecule has 0 aliphatic heterocycles. The molecule has 6 aromatic rings. The van der Waals surface area contributed by atoms with Crippen LogP contribution < -0.4 is 4.57 Å². The van der Waals surface area contributed by atoms with Gasteiger partial charge in [0.1, 0.15) is 11.4 Å². The van der Waals surface area contributed by atoms with Gasteiger partial charge in [0, 0.05) is 6.20 Å². The molecular formula is C35H32N3OPt+. The van der Waals surface area contributed by atoms with Gasteiger partial charge < -0.3 is 14.7 Å². The standard InChI is InChI=1S/C35H32N3O.Pt/c1-23(2)24-13-15-29-25(19-24)17-18-36-34(29)26-9-8-10-28(20-26)37-22-38(31-12-7-6-11-30(31)37)32-21-27(35(3,4)5)14-16-33(32)39;/h6-19,21,23,39H,1-5H3;/q-1;+2. The van der Waals surface area contributed by atoms with Gasteiger partial charge in [-0.05, 0) is 62.8 Å². The van der Waals surface area contributed by atoms with E-state index in [1.165, 1.54) is 10.9 Å². The second-order valence-electron chi connectivity index (χ2n) is 11.5. The molecule has 0 unspecified atom stereocenters. The zero-order valence-electron chi connectivity index (χ0n) is 23.3. The molecule has 6 rings (SSSR count). The second kappa shape index (κ2) is 10.7. The van der Waals surface area contributed by atoms with Crippen molar-refractivity contribution in [3.8, 4) is 28.4 Å². The van der Waals surface area contributed by atoms with Crippen molar-refractivity contribution < 1.29 is 30.7 Å². The van der Waals surface area contributed by atoms with Crippen molar-refractivity contribution in [2.45, 2.75) is 46.0 Å². The first-order chi connectivity index (χ1) is 18.7. The smallest absolute Gasteiger partial charge is 0.511 e. The first-order valence-electron chi connectivity index (χ1n) is 13.4. The normalized spacial score (nSPS) is 11.8. The molecule has 0 amide bonds. The number of phenols is 1. The Bertz CT molecular complexity index is 1850. The molecule has 0 atom stereocenters. The van der Waals surface area contributed by atoms with Gasteiger partial charge in [0.05, 0.1) is 11.0 Å². The minimum Gasteiger partial charge on any atom is -0.511 e. The summed E-state index contributed by atoms with van der Waals surface area (Å²) >= 11 is 0. The molecule has 4 aromatic carbocycles. The first kappa shape index (κ1) is 27.8. The largest absolute Gasteiger partial charge is 2.00 e. The number of aromatic hydroxyl groups is 1. The molecular weight excluding hydrogens is 673 g/mol. The molecule has 0 aliphatic rings. The number of imidazole rings is 1. The van der Waals surface area contributed by atoms with Crippen molar-refractivity contribution in [3.05, 3.63) is 115 Å². The van der Waals surface area contributed by atoms with E-state index in [9.17, 15) is 5.11 Å². The van der Waals surface area contributed by atoms with Gasteiger partial charge in [-0.2, -0.15) is 0 Å². The van der Waals surface area contributed by atoms with Gasteiger partial charge in [0.15, 0.2) is 0 Å². The van der Waals surface area contributed by atoms with Gasteiger partial charge >= 0.3 is 21.1 Å². The number of benzene rings is 4. The molecule has 4 nitrogen and oxygen atoms in total. The number of para-hydroxylation sites is 2. The summed E-state index contributed by atoms with van der Waals surface area (Å²) in [4.78, 5) is 4.76. The Hall–Kier alpha value is -3.75. The third-order valence-corrected chi connectivity index (χ3v) is 7.38. The molecule has 0 saturated heterocycles. The summed E-state index contributed by atoms with van der Waals surface area (Å²) in [5, 5.41) is 13.2. The van der Waals surface area contributed by atoms with E-state index in [-0.39, 0.29) is 32.2 Å². The Morgan fingerprint density at radius 1 is 0.900 bits per heavy atom. The van der Waals surface area contributed by atoms with Crippen LogP contribution in [-0.4, -0.2) is 14.7 Å². The van der Waals surface area contributed by atoms with Gasteiger partial charge in [-0.1, -0.05) is 83.1 Å². The number of pyridine rings is 1. The van der Waals surface area contributed by atoms with Crippen molar-refractivity contribution in [3.63, 3.8) is 0 Å². The van der Waals surface area contributed by atoms with Crippen LogP contribution in [0.1, 0.15) is 51.7 Å². The fourth-order valence-corrected chi connectivity index (χ4v) is 5.08. The van der Waals surface area contributed by atoms with Crippen molar-refractivity contribution in [1.82, 2.24) is 9.55 Å². The Balaban J connectivity index is 0.00000323. The maximum atomic E-state index is 10.9. The predicted octanol–water partition coefficient (Wildman–Crippen LogP) is 7.85. The summed E-state index contributed by atoms with van der Waals surface area (Å²) in [5.41, 5.74) is 7.71. The van der Waals surface area contributed by atoms with Crippen molar-refractivity contribution in [1.29, 1.82) is 0 Å². The molecule has 0 radical (unpaired) electrons. The number of hydrogen-bond acceptors (Lipinski definition) is 2. The summed E-state index contributed by atoms with van der Waals surface area (Å²) in [6.45, 7) is 10.9. The van der Waals surface area contributed by atoms with Crippen molar-refractivity contribution in [2.24, 2.45) is 0 Å². The Kier molecular flexibility index (Phi) is 7.42. The van der Waals surface area contributed by atoms with Crippen LogP contribution in [0.2, 0.25) is 0 Å². The topological polar surface area (TPSA) is 41.9 Å². The van der Waals surface area contributed by atoms with E-state index in [0.29, 0.717) is 11.6 Å². The second-order valence-corrected chi connectivity index (χ2v) is 11.5. The van der Waals surface area contributed by atoms with Gasteiger partial charge in [0.25, 0.3) is 6.33 Å². The summed E-state index contributed by atoms with van der Waals surface area (Å²) in [7, 11) is 0. The van der Waals surface area contributed by atoms with Gasteiger partial charge in [0.2, 0.25) is 0 Å². The zero-order chi connectivity index (χ0) is 27.3. The quantitative estimate of drug-likeness (QED) is 0.150. The average molecular weight is 706 g/mol. The van der Waals surface area contributed by atoms with Gasteiger partial charge in [-0.15, -0.1) is 29.8 Å². The summed E-state index contributed by atoms with van der Waals surface area (Å²) in [5.74, 6) is 0.680. The molecule has 5 heteroatoms. The molecule has 202 valence electrons. The van der Waals surface area contributed by atoms with Crippen LogP contribution in [0.5, 0.6) is 5.75 Å². The number of rotatable bonds is 4. The molecule has 2 heterocycles. The number of aromatic nitrogens is 3. The fourth-order valence-electron chi connectivity index (χ4n) is 5.08. The molecule has 0 spiro atoms. The van der Waals surface area contributed by atoms with Crippen LogP contribution >= 0.6 is 0 Å². The minimum atomic E-state index is -0.0507. The molecule has 2 aromatic heterocycles. The third-order valence-electron chi connectivity index (χ3n) is 7.38. The summed E-state index contributed by atoms with van der Waals surface area (Å²) in [6, 6.07) is 32.4. The van der Waals surface area contributed by atoms with E-state index < -0.39 is 0 Å². The zero-order valence-corrected chi connectivity index (χ0v) is 25.6. The van der Waals surface area contributed by atoms with E-state index in [1.54, 1.807) is 6.07 Å². The maximum absolute atomic E-state index is 10.9. The maximum Gasteiger partial charge on any atom is 2.00 e. The number of hydrogen-bond donors (Lipinski definition) is 1. The van der Waals surface area contributed by atoms with E-state index >= 15 is 0 Å². The molecule has 1 N–H and O–H groups in total. The third kappa shape index (κ3) is 4.97. The van der Waals surface area contributed by atoms with Gasteiger partial charge in [-0.25, -0.2) is 0 Å². The van der Waals surface area contributed by atoms with E-state index in [1.807, 2.05) is 57.8 Å². The monoisotopic (exact) mass is 705 g/mol. The summed E-state index contributed by atoms with van der Waals surface area (Å²) in [6.07, 6.45) is 5.37. The van der Waals surface area contributed by atoms with Crippen LogP contribution in [0.25, 0.3) is 44.4 Å². The SMILES string of the molecule is CC(C)c1ccc2c(-c3[c-]c(-[n+]4[c-]n(-c5cc(C(C)(C)C)ccc5O)c5ccccc54)ccc3)nccc2c1.[Pt+2]. The Morgan fingerprint density at radius 3 is 2.48 bits per heavy atom. The van der Waals surface area contributed by atoms with Crippen LogP contribution in [-0.2, 0) is 26.5 Å². The van der Waals surface area contributed by atoms with Crippen LogP contribution in [0, 0.1) is 12.4 Å². The van der Waals surface area contributed by atoms with Gasteiger partial charge in [-0.3, -0.25) is 4.57 Å². The van der Waals surface area contributed by atoms with Crippen LogP contribution in [0.4, 0.5) is 0 Å². The number of phenolic OH excluding ortho intramolecular Hbond substituents is 1. The minimum absolute atomic E-state index is 0. The predicted molar refractivity (Wildman–Crippen MR) is 158 cm³/mol. The first-order valence-corrected chi connectivity index (χ1v) is 13.4. The van der Waals surface area contributed by atoms with E-state index in [0.717, 1.165) is 38.9 Å². The van der Waals surface area contributed by atoms with Crippen LogP contribution in [0.3, 0.4) is 0 Å². The summed E-state index contributed by atoms with van der Waals surface area (Å²) < 4.78 is 3.94. The van der Waals surface area contributed by atoms with Crippen molar-refractivity contribution in [2.75, 3.05) is 0 Å². The van der Waals surface area contributed by atoms with Crippen molar-refractivity contribution >= 4 is 21.8 Å². The molecule has 0 aliphatic carbocycles. The average Bonchev–Trinajstić information content (AvgIpc) is 3.31. The fraction of sp³-hybridized carbons (Fsp3) is 0.200. The molecule has 40 heavy (non-hydrogen) atoms. The number of fused-ring (bicyclic) bond motifs is 2. The van der Waals surface area contributed by atoms with Crippen LogP contribution in [0.15, 0.2) is 91.1 Å². The van der Waals surface area contributed by atoms with E-state index in [4.69, 9.17) is 4.98 Å². The molecule has 0 fully saturated rings. The Labute approximate surface area is 250 Å². The molecule has 0 saturated carbocycles.